The number of hydrogen-bond donors (Lipinski definition) is 1. The Labute approximate surface area is 184 Å². The van der Waals surface area contributed by atoms with Gasteiger partial charge in [-0.05, 0) is 43.3 Å². The summed E-state index contributed by atoms with van der Waals surface area (Å²) in [4.78, 5) is 25.5. The molecular weight excluding hydrogens is 440 g/mol. The molecule has 33 heavy (non-hydrogen) atoms. The van der Waals surface area contributed by atoms with Crippen LogP contribution in [-0.4, -0.2) is 20.7 Å². The van der Waals surface area contributed by atoms with Gasteiger partial charge in [-0.1, -0.05) is 17.7 Å². The SMILES string of the molecule is Cc1ccc(C(=O)Nc2cc3cnnc(-c4ccc(C(F)(F)F)cc4F)c3n(C)c2=O)cc1. The van der Waals surface area contributed by atoms with Crippen LogP contribution in [0.15, 0.2) is 59.5 Å². The quantitative estimate of drug-likeness (QED) is 0.453. The Morgan fingerprint density at radius 2 is 1.76 bits per heavy atom. The van der Waals surface area contributed by atoms with Crippen LogP contribution in [0.1, 0.15) is 21.5 Å². The lowest BCUT2D eigenvalue weighted by atomic mass is 10.1. The van der Waals surface area contributed by atoms with E-state index >= 15 is 0 Å². The minimum Gasteiger partial charge on any atom is -0.317 e. The number of hydrogen-bond acceptors (Lipinski definition) is 4. The van der Waals surface area contributed by atoms with E-state index in [0.29, 0.717) is 17.0 Å². The molecule has 10 heteroatoms. The number of anilines is 1. The van der Waals surface area contributed by atoms with Crippen LogP contribution in [0, 0.1) is 12.7 Å². The van der Waals surface area contributed by atoms with Crippen molar-refractivity contribution < 1.29 is 22.4 Å². The van der Waals surface area contributed by atoms with E-state index in [1.807, 2.05) is 6.92 Å². The van der Waals surface area contributed by atoms with Crippen LogP contribution in [0.3, 0.4) is 0 Å². The van der Waals surface area contributed by atoms with Crippen molar-refractivity contribution in [2.45, 2.75) is 13.1 Å². The number of nitrogens with one attached hydrogen (secondary N) is 1. The highest BCUT2D eigenvalue weighted by atomic mass is 19.4. The minimum absolute atomic E-state index is 0.0394. The predicted molar refractivity (Wildman–Crippen MR) is 114 cm³/mol. The molecular formula is C23H16F4N4O2. The largest absolute Gasteiger partial charge is 0.416 e. The highest BCUT2D eigenvalue weighted by Gasteiger charge is 2.31. The van der Waals surface area contributed by atoms with Crippen molar-refractivity contribution in [3.63, 3.8) is 0 Å². The maximum atomic E-state index is 14.6. The average Bonchev–Trinajstić information content (AvgIpc) is 2.76. The molecule has 2 aromatic carbocycles. The first-order chi connectivity index (χ1) is 15.6. The van der Waals surface area contributed by atoms with Gasteiger partial charge in [-0.2, -0.15) is 18.3 Å². The van der Waals surface area contributed by atoms with Crippen molar-refractivity contribution in [1.29, 1.82) is 0 Å². The van der Waals surface area contributed by atoms with E-state index in [9.17, 15) is 27.2 Å². The maximum Gasteiger partial charge on any atom is 0.416 e. The summed E-state index contributed by atoms with van der Waals surface area (Å²) in [6.45, 7) is 1.87. The van der Waals surface area contributed by atoms with Crippen LogP contribution in [0.5, 0.6) is 0 Å². The number of fused-ring (bicyclic) bond motifs is 1. The molecule has 2 aromatic heterocycles. The molecule has 0 saturated carbocycles. The van der Waals surface area contributed by atoms with E-state index in [1.165, 1.54) is 19.3 Å². The van der Waals surface area contributed by atoms with Gasteiger partial charge < -0.3 is 9.88 Å². The van der Waals surface area contributed by atoms with Crippen molar-refractivity contribution in [3.05, 3.63) is 87.6 Å². The first-order valence-corrected chi connectivity index (χ1v) is 9.67. The summed E-state index contributed by atoms with van der Waals surface area (Å²) in [6.07, 6.45) is -3.40. The number of halogens is 4. The molecule has 2 heterocycles. The van der Waals surface area contributed by atoms with Gasteiger partial charge in [0.05, 0.1) is 17.3 Å². The Morgan fingerprint density at radius 1 is 1.06 bits per heavy atom. The van der Waals surface area contributed by atoms with E-state index < -0.39 is 29.0 Å². The molecule has 168 valence electrons. The first-order valence-electron chi connectivity index (χ1n) is 9.67. The van der Waals surface area contributed by atoms with Gasteiger partial charge in [0.15, 0.2) is 0 Å². The molecule has 0 spiro atoms. The van der Waals surface area contributed by atoms with Crippen molar-refractivity contribution in [2.75, 3.05) is 5.32 Å². The third-order valence-corrected chi connectivity index (χ3v) is 5.14. The summed E-state index contributed by atoms with van der Waals surface area (Å²) in [5.74, 6) is -1.65. The molecule has 6 nitrogen and oxygen atoms in total. The van der Waals surface area contributed by atoms with Gasteiger partial charge in [0.25, 0.3) is 11.5 Å². The number of amides is 1. The number of nitrogens with zero attached hydrogens (tertiary/aromatic N) is 3. The molecule has 1 N–H and O–H groups in total. The molecule has 0 aliphatic carbocycles. The normalized spacial score (nSPS) is 11.6. The standard InChI is InChI=1S/C23H16F4N4O2/c1-12-3-5-13(6-4-12)21(32)29-18-9-14-11-28-30-19(20(14)31(2)22(18)33)16-8-7-15(10-17(16)24)23(25,26)27/h3-11H,1-2H3,(H,29,32). The van der Waals surface area contributed by atoms with E-state index in [1.54, 1.807) is 24.3 Å². The van der Waals surface area contributed by atoms with Crippen LogP contribution in [0.4, 0.5) is 23.2 Å². The highest BCUT2D eigenvalue weighted by Crippen LogP contribution is 2.34. The summed E-state index contributed by atoms with van der Waals surface area (Å²) in [7, 11) is 1.39. The fraction of sp³-hybridized carbons (Fsp3) is 0.130. The summed E-state index contributed by atoms with van der Waals surface area (Å²) in [6, 6.07) is 10.2. The van der Waals surface area contributed by atoms with E-state index in [-0.39, 0.29) is 22.5 Å². The molecule has 0 aliphatic rings. The Balaban J connectivity index is 1.80. The van der Waals surface area contributed by atoms with Gasteiger partial charge in [0.1, 0.15) is 17.2 Å². The van der Waals surface area contributed by atoms with Gasteiger partial charge in [0, 0.05) is 23.6 Å². The summed E-state index contributed by atoms with van der Waals surface area (Å²) in [5.41, 5.74) is -0.666. The van der Waals surface area contributed by atoms with Gasteiger partial charge in [0.2, 0.25) is 0 Å². The average molecular weight is 456 g/mol. The Kier molecular flexibility index (Phi) is 5.44. The van der Waals surface area contributed by atoms with E-state index in [4.69, 9.17) is 0 Å². The monoisotopic (exact) mass is 456 g/mol. The topological polar surface area (TPSA) is 76.9 Å². The molecule has 0 bridgehead atoms. The van der Waals surface area contributed by atoms with E-state index in [0.717, 1.165) is 22.3 Å². The number of aryl methyl sites for hydroxylation is 2. The number of alkyl halides is 3. The molecule has 4 aromatic rings. The number of benzene rings is 2. The molecule has 0 saturated heterocycles. The lowest BCUT2D eigenvalue weighted by Gasteiger charge is -2.14. The van der Waals surface area contributed by atoms with Crippen molar-refractivity contribution >= 4 is 22.5 Å². The number of carbonyl (C=O) groups excluding carboxylic acids is 1. The molecule has 1 amide bonds. The van der Waals surface area contributed by atoms with E-state index in [2.05, 4.69) is 15.5 Å². The molecule has 0 unspecified atom stereocenters. The molecule has 0 aliphatic heterocycles. The van der Waals surface area contributed by atoms with Crippen LogP contribution < -0.4 is 10.9 Å². The predicted octanol–water partition coefficient (Wildman–Crippen LogP) is 4.71. The highest BCUT2D eigenvalue weighted by molar-refractivity contribution is 6.05. The van der Waals surface area contributed by atoms with Crippen LogP contribution in [0.25, 0.3) is 22.2 Å². The molecule has 4 rings (SSSR count). The number of aromatic nitrogens is 3. The van der Waals surface area contributed by atoms with Crippen LogP contribution in [-0.2, 0) is 13.2 Å². The lowest BCUT2D eigenvalue weighted by molar-refractivity contribution is -0.137. The fourth-order valence-corrected chi connectivity index (χ4v) is 3.41. The van der Waals surface area contributed by atoms with Crippen molar-refractivity contribution in [2.24, 2.45) is 7.05 Å². The first kappa shape index (κ1) is 22.1. The second kappa shape index (κ2) is 8.12. The summed E-state index contributed by atoms with van der Waals surface area (Å²) in [5, 5.41) is 10.5. The zero-order chi connectivity index (χ0) is 23.9. The second-order valence-electron chi connectivity index (χ2n) is 7.43. The Hall–Kier alpha value is -4.08. The van der Waals surface area contributed by atoms with Gasteiger partial charge in [-0.3, -0.25) is 9.59 Å². The van der Waals surface area contributed by atoms with Crippen LogP contribution >= 0.6 is 0 Å². The number of pyridine rings is 1. The fourth-order valence-electron chi connectivity index (χ4n) is 3.41. The van der Waals surface area contributed by atoms with Gasteiger partial charge in [-0.25, -0.2) is 4.39 Å². The zero-order valence-corrected chi connectivity index (χ0v) is 17.4. The van der Waals surface area contributed by atoms with Gasteiger partial charge in [-0.15, -0.1) is 5.10 Å². The summed E-state index contributed by atoms with van der Waals surface area (Å²) >= 11 is 0. The lowest BCUT2D eigenvalue weighted by Crippen LogP contribution is -2.25. The second-order valence-corrected chi connectivity index (χ2v) is 7.43. The number of carbonyl (C=O) groups is 1. The molecule has 0 radical (unpaired) electrons. The van der Waals surface area contributed by atoms with Gasteiger partial charge >= 0.3 is 6.18 Å². The molecule has 0 atom stereocenters. The zero-order valence-electron chi connectivity index (χ0n) is 17.4. The maximum absolute atomic E-state index is 14.6. The molecule has 0 fully saturated rings. The van der Waals surface area contributed by atoms with Crippen molar-refractivity contribution in [1.82, 2.24) is 14.8 Å². The minimum atomic E-state index is -4.71. The Bertz CT molecular complexity index is 1440. The number of rotatable bonds is 3. The smallest absolute Gasteiger partial charge is 0.317 e. The third kappa shape index (κ3) is 4.19. The Morgan fingerprint density at radius 3 is 2.39 bits per heavy atom. The summed E-state index contributed by atoms with van der Waals surface area (Å²) < 4.78 is 54.4. The van der Waals surface area contributed by atoms with Crippen LogP contribution in [0.2, 0.25) is 0 Å². The third-order valence-electron chi connectivity index (χ3n) is 5.14. The van der Waals surface area contributed by atoms with Crippen molar-refractivity contribution in [3.8, 4) is 11.3 Å².